The third kappa shape index (κ3) is 1.49. The summed E-state index contributed by atoms with van der Waals surface area (Å²) in [5.74, 6) is 0.780. The van der Waals surface area contributed by atoms with Gasteiger partial charge in [0, 0.05) is 25.2 Å². The molecule has 1 saturated carbocycles. The minimum Gasteiger partial charge on any atom is -0.392 e. The van der Waals surface area contributed by atoms with Crippen LogP contribution in [0.15, 0.2) is 0 Å². The zero-order valence-electron chi connectivity index (χ0n) is 7.66. The van der Waals surface area contributed by atoms with Gasteiger partial charge in [-0.2, -0.15) is 0 Å². The number of likely N-dealkylation sites (tertiary alicyclic amines) is 1. The van der Waals surface area contributed by atoms with Crippen LogP contribution in [0.2, 0.25) is 0 Å². The van der Waals surface area contributed by atoms with Gasteiger partial charge in [-0.3, -0.25) is 4.90 Å². The molecule has 3 nitrogen and oxygen atoms in total. The zero-order chi connectivity index (χ0) is 8.77. The van der Waals surface area contributed by atoms with Crippen LogP contribution in [0.4, 0.5) is 0 Å². The second-order valence-electron chi connectivity index (χ2n) is 4.53. The minimum absolute atomic E-state index is 0.106. The Labute approximate surface area is 73.5 Å². The molecule has 1 aliphatic heterocycles. The first-order valence-corrected chi connectivity index (χ1v) is 4.79. The highest BCUT2D eigenvalue weighted by molar-refractivity contribution is 5.08. The molecular formula is C9H18N2O. The Morgan fingerprint density at radius 3 is 2.58 bits per heavy atom. The molecule has 0 spiro atoms. The molecular weight excluding hydrogens is 152 g/mol. The molecule has 3 heteroatoms. The Bertz CT molecular complexity index is 171. The molecule has 0 aromatic rings. The topological polar surface area (TPSA) is 49.5 Å². The largest absolute Gasteiger partial charge is 0.392 e. The molecule has 70 valence electrons. The van der Waals surface area contributed by atoms with Gasteiger partial charge < -0.3 is 10.8 Å². The van der Waals surface area contributed by atoms with E-state index in [9.17, 15) is 0 Å². The van der Waals surface area contributed by atoms with Crippen LogP contribution in [0.25, 0.3) is 0 Å². The quantitative estimate of drug-likeness (QED) is 0.616. The van der Waals surface area contributed by atoms with E-state index in [1.165, 1.54) is 12.8 Å². The Morgan fingerprint density at radius 2 is 2.17 bits per heavy atom. The van der Waals surface area contributed by atoms with Crippen molar-refractivity contribution in [2.45, 2.75) is 31.4 Å². The standard InChI is InChI=1S/C9H18N2O/c1-7(12)4-11-5-9(10,6-11)8-2-3-8/h7-8,12H,2-6,10H2,1H3. The Kier molecular flexibility index (Phi) is 1.90. The highest BCUT2D eigenvalue weighted by Crippen LogP contribution is 2.42. The first-order chi connectivity index (χ1) is 5.60. The van der Waals surface area contributed by atoms with E-state index in [-0.39, 0.29) is 11.6 Å². The molecule has 2 aliphatic rings. The number of hydrogen-bond acceptors (Lipinski definition) is 3. The second kappa shape index (κ2) is 2.69. The fourth-order valence-corrected chi connectivity index (χ4v) is 2.21. The monoisotopic (exact) mass is 170 g/mol. The van der Waals surface area contributed by atoms with Gasteiger partial charge in [0.25, 0.3) is 0 Å². The Balaban J connectivity index is 1.75. The zero-order valence-corrected chi connectivity index (χ0v) is 7.66. The summed E-state index contributed by atoms with van der Waals surface area (Å²) in [6, 6.07) is 0. The lowest BCUT2D eigenvalue weighted by Gasteiger charge is -2.48. The van der Waals surface area contributed by atoms with Gasteiger partial charge in [-0.25, -0.2) is 0 Å². The lowest BCUT2D eigenvalue weighted by Crippen LogP contribution is -2.69. The van der Waals surface area contributed by atoms with Gasteiger partial charge in [-0.05, 0) is 25.7 Å². The predicted octanol–water partition coefficient (Wildman–Crippen LogP) is -0.210. The highest BCUT2D eigenvalue weighted by Gasteiger charge is 2.49. The lowest BCUT2D eigenvalue weighted by molar-refractivity contribution is 0.0183. The molecule has 2 fully saturated rings. The Hall–Kier alpha value is -0.120. The molecule has 1 aliphatic carbocycles. The molecule has 3 N–H and O–H groups in total. The lowest BCUT2D eigenvalue weighted by atomic mass is 9.85. The maximum Gasteiger partial charge on any atom is 0.0639 e. The number of aliphatic hydroxyl groups excluding tert-OH is 1. The van der Waals surface area contributed by atoms with Crippen LogP contribution in [0.1, 0.15) is 19.8 Å². The van der Waals surface area contributed by atoms with Crippen molar-refractivity contribution in [3.8, 4) is 0 Å². The first kappa shape index (κ1) is 8.48. The van der Waals surface area contributed by atoms with Gasteiger partial charge in [0.15, 0.2) is 0 Å². The van der Waals surface area contributed by atoms with Crippen LogP contribution < -0.4 is 5.73 Å². The average Bonchev–Trinajstić information content (AvgIpc) is 2.62. The normalized spacial score (nSPS) is 31.2. The van der Waals surface area contributed by atoms with Crippen molar-refractivity contribution < 1.29 is 5.11 Å². The van der Waals surface area contributed by atoms with Crippen LogP contribution in [0.5, 0.6) is 0 Å². The van der Waals surface area contributed by atoms with Gasteiger partial charge >= 0.3 is 0 Å². The summed E-state index contributed by atoms with van der Waals surface area (Å²) in [6.07, 6.45) is 2.42. The minimum atomic E-state index is -0.214. The van der Waals surface area contributed by atoms with Crippen LogP contribution in [-0.2, 0) is 0 Å². The van der Waals surface area contributed by atoms with E-state index < -0.39 is 0 Å². The van der Waals surface area contributed by atoms with Crippen molar-refractivity contribution in [2.75, 3.05) is 19.6 Å². The van der Waals surface area contributed by atoms with E-state index >= 15 is 0 Å². The summed E-state index contributed by atoms with van der Waals surface area (Å²) < 4.78 is 0. The van der Waals surface area contributed by atoms with Crippen LogP contribution in [0.3, 0.4) is 0 Å². The fourth-order valence-electron chi connectivity index (χ4n) is 2.21. The molecule has 12 heavy (non-hydrogen) atoms. The van der Waals surface area contributed by atoms with Crippen LogP contribution in [-0.4, -0.2) is 41.3 Å². The average molecular weight is 170 g/mol. The molecule has 0 bridgehead atoms. The van der Waals surface area contributed by atoms with Crippen molar-refractivity contribution in [3.63, 3.8) is 0 Å². The second-order valence-corrected chi connectivity index (χ2v) is 4.53. The summed E-state index contributed by atoms with van der Waals surface area (Å²) in [6.45, 7) is 4.59. The van der Waals surface area contributed by atoms with Gasteiger partial charge in [-0.1, -0.05) is 0 Å². The van der Waals surface area contributed by atoms with Crippen LogP contribution in [0, 0.1) is 5.92 Å². The van der Waals surface area contributed by atoms with E-state index in [2.05, 4.69) is 4.90 Å². The molecule has 1 atom stereocenters. The molecule has 2 rings (SSSR count). The van der Waals surface area contributed by atoms with Crippen molar-refractivity contribution in [1.82, 2.24) is 4.90 Å². The van der Waals surface area contributed by atoms with E-state index in [4.69, 9.17) is 10.8 Å². The first-order valence-electron chi connectivity index (χ1n) is 4.79. The molecule has 0 radical (unpaired) electrons. The molecule has 1 saturated heterocycles. The number of aliphatic hydroxyl groups is 1. The summed E-state index contributed by atoms with van der Waals surface area (Å²) in [5, 5.41) is 9.13. The van der Waals surface area contributed by atoms with Crippen molar-refractivity contribution in [1.29, 1.82) is 0 Å². The maximum absolute atomic E-state index is 9.13. The number of nitrogens with two attached hydrogens (primary N) is 1. The van der Waals surface area contributed by atoms with Gasteiger partial charge in [0.05, 0.1) is 6.10 Å². The fraction of sp³-hybridized carbons (Fsp3) is 1.00. The summed E-state index contributed by atoms with van der Waals surface area (Å²) in [7, 11) is 0. The Morgan fingerprint density at radius 1 is 1.58 bits per heavy atom. The molecule has 0 aromatic carbocycles. The van der Waals surface area contributed by atoms with E-state index in [0.29, 0.717) is 0 Å². The number of rotatable bonds is 3. The van der Waals surface area contributed by atoms with Gasteiger partial charge in [0.2, 0.25) is 0 Å². The van der Waals surface area contributed by atoms with E-state index in [0.717, 1.165) is 25.6 Å². The SMILES string of the molecule is CC(O)CN1CC(N)(C2CC2)C1. The van der Waals surface area contributed by atoms with E-state index in [1.54, 1.807) is 0 Å². The number of nitrogens with zero attached hydrogens (tertiary/aromatic N) is 1. The molecule has 1 heterocycles. The predicted molar refractivity (Wildman–Crippen MR) is 47.8 cm³/mol. The van der Waals surface area contributed by atoms with Gasteiger partial charge in [0.1, 0.15) is 0 Å². The van der Waals surface area contributed by atoms with Crippen molar-refractivity contribution >= 4 is 0 Å². The molecule has 0 aromatic heterocycles. The summed E-state index contributed by atoms with van der Waals surface area (Å²) in [5.41, 5.74) is 6.26. The maximum atomic E-state index is 9.13. The van der Waals surface area contributed by atoms with Gasteiger partial charge in [-0.15, -0.1) is 0 Å². The van der Waals surface area contributed by atoms with Crippen molar-refractivity contribution in [2.24, 2.45) is 11.7 Å². The summed E-state index contributed by atoms with van der Waals surface area (Å²) >= 11 is 0. The molecule has 0 amide bonds. The third-order valence-corrected chi connectivity index (χ3v) is 2.95. The van der Waals surface area contributed by atoms with E-state index in [1.807, 2.05) is 6.92 Å². The van der Waals surface area contributed by atoms with Crippen molar-refractivity contribution in [3.05, 3.63) is 0 Å². The number of β-amino-alcohol motifs (C(OH)–C–C–N with tert-alkyl or cyclic N) is 1. The third-order valence-electron chi connectivity index (χ3n) is 2.95. The summed E-state index contributed by atoms with van der Waals surface area (Å²) in [4.78, 5) is 2.24. The van der Waals surface area contributed by atoms with Crippen LogP contribution >= 0.6 is 0 Å². The number of hydrogen-bond donors (Lipinski definition) is 2. The smallest absolute Gasteiger partial charge is 0.0639 e. The molecule has 1 unspecified atom stereocenters. The highest BCUT2D eigenvalue weighted by atomic mass is 16.3.